The fourth-order valence-electron chi connectivity index (χ4n) is 2.03. The summed E-state index contributed by atoms with van der Waals surface area (Å²) in [6.07, 6.45) is -1.47. The van der Waals surface area contributed by atoms with Crippen molar-refractivity contribution in [1.82, 2.24) is 0 Å². The van der Waals surface area contributed by atoms with Gasteiger partial charge in [-0.2, -0.15) is 0 Å². The van der Waals surface area contributed by atoms with Crippen molar-refractivity contribution in [1.29, 1.82) is 0 Å². The summed E-state index contributed by atoms with van der Waals surface area (Å²) < 4.78 is 51.5. The molecule has 0 N–H and O–H groups in total. The van der Waals surface area contributed by atoms with Gasteiger partial charge in [0.25, 0.3) is 6.43 Å². The lowest BCUT2D eigenvalue weighted by atomic mass is 9.86. The molecule has 1 fully saturated rings. The molecule has 1 heterocycles. The summed E-state index contributed by atoms with van der Waals surface area (Å²) in [7, 11) is -1.14. The highest BCUT2D eigenvalue weighted by Gasteiger charge is 2.53. The van der Waals surface area contributed by atoms with Gasteiger partial charge in [-0.05, 0) is 57.5 Å². The monoisotopic (exact) mass is 376 g/mol. The number of benzene rings is 1. The number of rotatable bonds is 3. The van der Waals surface area contributed by atoms with Gasteiger partial charge in [-0.25, -0.2) is 13.2 Å². The van der Waals surface area contributed by atoms with E-state index in [9.17, 15) is 13.2 Å². The Morgan fingerprint density at radius 2 is 1.68 bits per heavy atom. The third kappa shape index (κ3) is 3.58. The Balaban J connectivity index is 2.27. The topological polar surface area (TPSA) is 18.5 Å². The molecule has 0 aliphatic carbocycles. The van der Waals surface area contributed by atoms with Crippen LogP contribution in [0.25, 0.3) is 6.08 Å². The Labute approximate surface area is 137 Å². The zero-order valence-corrected chi connectivity index (χ0v) is 14.4. The second kappa shape index (κ2) is 6.02. The Morgan fingerprint density at radius 3 is 2.18 bits per heavy atom. The highest BCUT2D eigenvalue weighted by atomic mass is 79.9. The summed E-state index contributed by atoms with van der Waals surface area (Å²) in [6.45, 7) is 7.26. The predicted molar refractivity (Wildman–Crippen MR) is 84.3 cm³/mol. The molecule has 120 valence electrons. The van der Waals surface area contributed by atoms with E-state index < -0.39 is 30.5 Å². The fraction of sp³-hybridized carbons (Fsp3) is 0.467. The van der Waals surface area contributed by atoms with Gasteiger partial charge in [0, 0.05) is 10.0 Å². The Morgan fingerprint density at radius 1 is 1.14 bits per heavy atom. The first-order chi connectivity index (χ1) is 10.0. The molecular weight excluding hydrogens is 360 g/mol. The summed E-state index contributed by atoms with van der Waals surface area (Å²) in [5.41, 5.74) is -1.83. The summed E-state index contributed by atoms with van der Waals surface area (Å²) in [6, 6.07) is 4.09. The lowest BCUT2D eigenvalue weighted by molar-refractivity contribution is 0.00578. The first kappa shape index (κ1) is 17.6. The maximum Gasteiger partial charge on any atom is 0.525 e. The molecule has 22 heavy (non-hydrogen) atoms. The minimum atomic E-state index is -2.62. The molecule has 0 bridgehead atoms. The minimum absolute atomic E-state index is 0.178. The molecule has 7 heteroatoms. The lowest BCUT2D eigenvalue weighted by Gasteiger charge is -2.32. The van der Waals surface area contributed by atoms with Crippen LogP contribution in [0.2, 0.25) is 0 Å². The van der Waals surface area contributed by atoms with Crippen LogP contribution in [0.5, 0.6) is 0 Å². The summed E-state index contributed by atoms with van der Waals surface area (Å²) in [5.74, 6) is 0. The van der Waals surface area contributed by atoms with Crippen LogP contribution >= 0.6 is 15.9 Å². The van der Waals surface area contributed by atoms with Crippen molar-refractivity contribution in [2.75, 3.05) is 0 Å². The van der Waals surface area contributed by atoms with Crippen LogP contribution in [0, 0.1) is 0 Å². The predicted octanol–water partition coefficient (Wildman–Crippen LogP) is 5.33. The third-order valence-electron chi connectivity index (χ3n) is 3.98. The van der Waals surface area contributed by atoms with Gasteiger partial charge in [0.15, 0.2) is 0 Å². The Hall–Kier alpha value is -0.785. The molecule has 0 amide bonds. The van der Waals surface area contributed by atoms with E-state index in [1.54, 1.807) is 6.07 Å². The summed E-state index contributed by atoms with van der Waals surface area (Å²) >= 11 is 3.14. The van der Waals surface area contributed by atoms with Crippen LogP contribution in [0.15, 0.2) is 28.4 Å². The van der Waals surface area contributed by atoms with Crippen LogP contribution < -0.4 is 0 Å². The zero-order chi connectivity index (χ0) is 16.7. The van der Waals surface area contributed by atoms with Crippen LogP contribution in [-0.2, 0) is 9.31 Å². The molecule has 0 unspecified atom stereocenters. The van der Waals surface area contributed by atoms with Gasteiger partial charge in [0.1, 0.15) is 5.73 Å². The smallest absolute Gasteiger partial charge is 0.398 e. The molecule has 2 nitrogen and oxygen atoms in total. The summed E-state index contributed by atoms with van der Waals surface area (Å²) in [4.78, 5) is 0. The molecule has 1 aliphatic rings. The van der Waals surface area contributed by atoms with Gasteiger partial charge in [-0.1, -0.05) is 15.9 Å². The van der Waals surface area contributed by atoms with Crippen molar-refractivity contribution in [3.8, 4) is 0 Å². The number of halogens is 4. The van der Waals surface area contributed by atoms with Crippen molar-refractivity contribution in [3.63, 3.8) is 0 Å². The highest BCUT2D eigenvalue weighted by molar-refractivity contribution is 9.10. The van der Waals surface area contributed by atoms with Gasteiger partial charge in [0.05, 0.1) is 11.2 Å². The van der Waals surface area contributed by atoms with E-state index in [2.05, 4.69) is 15.9 Å². The fourth-order valence-corrected chi connectivity index (χ4v) is 2.56. The van der Waals surface area contributed by atoms with Gasteiger partial charge in [-0.3, -0.25) is 0 Å². The Kier molecular flexibility index (Phi) is 4.81. The molecule has 1 saturated heterocycles. The van der Waals surface area contributed by atoms with E-state index >= 15 is 0 Å². The first-order valence-corrected chi connectivity index (χ1v) is 7.62. The lowest BCUT2D eigenvalue weighted by Crippen LogP contribution is -2.41. The maximum atomic E-state index is 14.4. The molecule has 0 spiro atoms. The SMILES string of the molecule is CC1(C)OB(C(F)=Cc2cc(Br)cc(C(F)F)c2)OC1(C)C. The molecule has 1 aromatic rings. The standard InChI is InChI=1S/C15H17BBrF3O2/c1-14(2)15(3,4)22-16(21-14)12(18)7-9-5-10(13(19)20)8-11(17)6-9/h5-8,13H,1-4H3. The third-order valence-corrected chi connectivity index (χ3v) is 4.44. The molecule has 2 rings (SSSR count). The quantitative estimate of drug-likeness (QED) is 0.664. The largest absolute Gasteiger partial charge is 0.525 e. The van der Waals surface area contributed by atoms with E-state index in [1.165, 1.54) is 12.1 Å². The minimum Gasteiger partial charge on any atom is -0.398 e. The molecule has 0 atom stereocenters. The first-order valence-electron chi connectivity index (χ1n) is 6.83. The average molecular weight is 377 g/mol. The van der Waals surface area contributed by atoms with Crippen molar-refractivity contribution >= 4 is 29.1 Å². The van der Waals surface area contributed by atoms with E-state index in [0.717, 1.165) is 6.08 Å². The molecule has 0 saturated carbocycles. The molecular formula is C15H17BBrF3O2. The van der Waals surface area contributed by atoms with Gasteiger partial charge in [-0.15, -0.1) is 0 Å². The molecule has 0 radical (unpaired) electrons. The van der Waals surface area contributed by atoms with Crippen molar-refractivity contribution in [2.45, 2.75) is 45.3 Å². The molecule has 1 aromatic carbocycles. The van der Waals surface area contributed by atoms with E-state index in [4.69, 9.17) is 9.31 Å². The number of hydrogen-bond acceptors (Lipinski definition) is 2. The van der Waals surface area contributed by atoms with Crippen LogP contribution in [0.3, 0.4) is 0 Å². The van der Waals surface area contributed by atoms with Gasteiger partial charge < -0.3 is 9.31 Å². The van der Waals surface area contributed by atoms with Crippen molar-refractivity contribution < 1.29 is 22.5 Å². The second-order valence-electron chi connectivity index (χ2n) is 6.24. The highest BCUT2D eigenvalue weighted by Crippen LogP contribution is 2.39. The molecule has 1 aliphatic heterocycles. The van der Waals surface area contributed by atoms with E-state index in [-0.39, 0.29) is 5.56 Å². The Bertz CT molecular complexity index is 586. The average Bonchev–Trinajstić information content (AvgIpc) is 2.57. The number of hydrogen-bond donors (Lipinski definition) is 0. The maximum absolute atomic E-state index is 14.4. The number of alkyl halides is 2. The second-order valence-corrected chi connectivity index (χ2v) is 7.15. The van der Waals surface area contributed by atoms with E-state index in [0.29, 0.717) is 10.0 Å². The van der Waals surface area contributed by atoms with Crippen LogP contribution in [-0.4, -0.2) is 18.3 Å². The van der Waals surface area contributed by atoms with Crippen molar-refractivity contribution in [2.24, 2.45) is 0 Å². The zero-order valence-electron chi connectivity index (χ0n) is 12.8. The van der Waals surface area contributed by atoms with Gasteiger partial charge in [0.2, 0.25) is 0 Å². The van der Waals surface area contributed by atoms with E-state index in [1.807, 2.05) is 27.7 Å². The normalized spacial score (nSPS) is 20.8. The van der Waals surface area contributed by atoms with Crippen LogP contribution in [0.4, 0.5) is 13.2 Å². The van der Waals surface area contributed by atoms with Gasteiger partial charge >= 0.3 is 7.12 Å². The van der Waals surface area contributed by atoms with Crippen molar-refractivity contribution in [3.05, 3.63) is 39.5 Å². The van der Waals surface area contributed by atoms with Crippen LogP contribution in [0.1, 0.15) is 45.2 Å². The summed E-state index contributed by atoms with van der Waals surface area (Å²) in [5, 5.41) is 0. The molecule has 0 aromatic heterocycles.